The maximum atomic E-state index is 12.2. The van der Waals surface area contributed by atoms with Gasteiger partial charge in [-0.15, -0.1) is 0 Å². The average molecular weight is 242 g/mol. The number of ketones is 1. The number of nitrogens with zero attached hydrogens (tertiary/aromatic N) is 2. The lowest BCUT2D eigenvalue weighted by Crippen LogP contribution is -2.07. The van der Waals surface area contributed by atoms with Gasteiger partial charge in [-0.25, -0.2) is 0 Å². The molecule has 4 heteroatoms. The molecule has 0 aliphatic rings. The molecule has 0 bridgehead atoms. The standard InChI is InChI=1S/C14H14N2O2/c1-10-5-6-14(18-2)12(8-10)13(17)9-11-4-3-7-15-16-11/h3-8H,9H2,1-2H3. The van der Waals surface area contributed by atoms with Gasteiger partial charge in [0.1, 0.15) is 5.75 Å². The van der Waals surface area contributed by atoms with E-state index in [0.29, 0.717) is 17.0 Å². The molecule has 0 aliphatic heterocycles. The summed E-state index contributed by atoms with van der Waals surface area (Å²) >= 11 is 0. The van der Waals surface area contributed by atoms with Crippen LogP contribution in [0.2, 0.25) is 0 Å². The Hall–Kier alpha value is -2.23. The fourth-order valence-electron chi connectivity index (χ4n) is 1.73. The minimum atomic E-state index is -0.0175. The van der Waals surface area contributed by atoms with Crippen molar-refractivity contribution < 1.29 is 9.53 Å². The number of hydrogen-bond acceptors (Lipinski definition) is 4. The van der Waals surface area contributed by atoms with Crippen LogP contribution >= 0.6 is 0 Å². The van der Waals surface area contributed by atoms with Crippen molar-refractivity contribution >= 4 is 5.78 Å². The molecule has 2 aromatic rings. The van der Waals surface area contributed by atoms with Crippen LogP contribution in [0.4, 0.5) is 0 Å². The lowest BCUT2D eigenvalue weighted by Gasteiger charge is -2.08. The van der Waals surface area contributed by atoms with Gasteiger partial charge in [-0.2, -0.15) is 10.2 Å². The summed E-state index contributed by atoms with van der Waals surface area (Å²) in [5.74, 6) is 0.575. The van der Waals surface area contributed by atoms with Crippen LogP contribution in [0.15, 0.2) is 36.5 Å². The normalized spacial score (nSPS) is 10.1. The summed E-state index contributed by atoms with van der Waals surface area (Å²) in [6.45, 7) is 1.94. The number of hydrogen-bond donors (Lipinski definition) is 0. The largest absolute Gasteiger partial charge is 0.496 e. The Bertz CT molecular complexity index is 553. The highest BCUT2D eigenvalue weighted by Crippen LogP contribution is 2.21. The first kappa shape index (κ1) is 12.2. The summed E-state index contributed by atoms with van der Waals surface area (Å²) in [4.78, 5) is 12.2. The molecule has 1 heterocycles. The van der Waals surface area contributed by atoms with Gasteiger partial charge in [0.05, 0.1) is 24.8 Å². The molecule has 4 nitrogen and oxygen atoms in total. The summed E-state index contributed by atoms with van der Waals surface area (Å²) in [6, 6.07) is 9.10. The Balaban J connectivity index is 2.26. The first-order valence-corrected chi connectivity index (χ1v) is 5.65. The summed E-state index contributed by atoms with van der Waals surface area (Å²) < 4.78 is 5.20. The molecule has 0 saturated heterocycles. The molecule has 0 atom stereocenters. The van der Waals surface area contributed by atoms with E-state index in [2.05, 4.69) is 10.2 Å². The quantitative estimate of drug-likeness (QED) is 0.771. The minimum absolute atomic E-state index is 0.0175. The van der Waals surface area contributed by atoms with Crippen molar-refractivity contribution in [2.24, 2.45) is 0 Å². The number of aromatic nitrogens is 2. The number of carbonyl (C=O) groups is 1. The average Bonchev–Trinajstić information content (AvgIpc) is 2.40. The molecule has 0 aliphatic carbocycles. The Morgan fingerprint density at radius 2 is 2.17 bits per heavy atom. The van der Waals surface area contributed by atoms with Crippen molar-refractivity contribution in [3.8, 4) is 5.75 Å². The second-order valence-electron chi connectivity index (χ2n) is 4.02. The van der Waals surface area contributed by atoms with Crippen molar-refractivity contribution in [2.45, 2.75) is 13.3 Å². The SMILES string of the molecule is COc1ccc(C)cc1C(=O)Cc1cccnn1. The molecule has 0 saturated carbocycles. The van der Waals surface area contributed by atoms with E-state index in [4.69, 9.17) is 4.74 Å². The van der Waals surface area contributed by atoms with Crippen LogP contribution in [0.3, 0.4) is 0 Å². The number of methoxy groups -OCH3 is 1. The fourth-order valence-corrected chi connectivity index (χ4v) is 1.73. The zero-order valence-electron chi connectivity index (χ0n) is 10.4. The maximum absolute atomic E-state index is 12.2. The molecule has 0 unspecified atom stereocenters. The molecule has 92 valence electrons. The van der Waals surface area contributed by atoms with E-state index in [9.17, 15) is 4.79 Å². The Morgan fingerprint density at radius 1 is 1.33 bits per heavy atom. The molecule has 2 rings (SSSR count). The zero-order chi connectivity index (χ0) is 13.0. The molecular formula is C14H14N2O2. The molecular weight excluding hydrogens is 228 g/mol. The lowest BCUT2D eigenvalue weighted by molar-refractivity contribution is 0.0988. The van der Waals surface area contributed by atoms with Crippen molar-refractivity contribution in [3.63, 3.8) is 0 Å². The van der Waals surface area contributed by atoms with E-state index < -0.39 is 0 Å². The van der Waals surface area contributed by atoms with Crippen LogP contribution in [0.25, 0.3) is 0 Å². The monoisotopic (exact) mass is 242 g/mol. The Morgan fingerprint density at radius 3 is 2.83 bits per heavy atom. The highest BCUT2D eigenvalue weighted by atomic mass is 16.5. The predicted molar refractivity (Wildman–Crippen MR) is 67.8 cm³/mol. The number of benzene rings is 1. The summed E-state index contributed by atoms with van der Waals surface area (Å²) in [7, 11) is 1.56. The van der Waals surface area contributed by atoms with E-state index >= 15 is 0 Å². The van der Waals surface area contributed by atoms with Gasteiger partial charge in [0.15, 0.2) is 5.78 Å². The lowest BCUT2D eigenvalue weighted by atomic mass is 10.0. The number of aryl methyl sites for hydroxylation is 1. The Kier molecular flexibility index (Phi) is 3.67. The van der Waals surface area contributed by atoms with Crippen LogP contribution < -0.4 is 4.74 Å². The number of Topliss-reactive ketones (excluding diaryl/α,β-unsaturated/α-hetero) is 1. The van der Waals surface area contributed by atoms with Gasteiger partial charge < -0.3 is 4.74 Å². The van der Waals surface area contributed by atoms with Crippen LogP contribution in [-0.4, -0.2) is 23.1 Å². The second-order valence-corrected chi connectivity index (χ2v) is 4.02. The minimum Gasteiger partial charge on any atom is -0.496 e. The fraction of sp³-hybridized carbons (Fsp3) is 0.214. The van der Waals surface area contributed by atoms with E-state index in [-0.39, 0.29) is 12.2 Å². The highest BCUT2D eigenvalue weighted by Gasteiger charge is 2.13. The molecule has 0 N–H and O–H groups in total. The molecule has 1 aromatic carbocycles. The molecule has 1 aromatic heterocycles. The number of carbonyl (C=O) groups excluding carboxylic acids is 1. The van der Waals surface area contributed by atoms with Gasteiger partial charge in [-0.3, -0.25) is 4.79 Å². The second kappa shape index (κ2) is 5.40. The van der Waals surface area contributed by atoms with E-state index in [1.54, 1.807) is 31.5 Å². The highest BCUT2D eigenvalue weighted by molar-refractivity contribution is 5.99. The van der Waals surface area contributed by atoms with Gasteiger partial charge in [0, 0.05) is 6.20 Å². The third kappa shape index (κ3) is 2.71. The smallest absolute Gasteiger partial charge is 0.172 e. The van der Waals surface area contributed by atoms with Gasteiger partial charge in [-0.1, -0.05) is 11.6 Å². The van der Waals surface area contributed by atoms with Crippen molar-refractivity contribution in [1.82, 2.24) is 10.2 Å². The van der Waals surface area contributed by atoms with Gasteiger partial charge in [0.25, 0.3) is 0 Å². The van der Waals surface area contributed by atoms with Crippen LogP contribution in [0, 0.1) is 6.92 Å². The van der Waals surface area contributed by atoms with Crippen LogP contribution in [0.5, 0.6) is 5.75 Å². The van der Waals surface area contributed by atoms with Crippen LogP contribution in [0.1, 0.15) is 21.6 Å². The van der Waals surface area contributed by atoms with E-state index in [1.165, 1.54) is 0 Å². The third-order valence-corrected chi connectivity index (χ3v) is 2.62. The van der Waals surface area contributed by atoms with Gasteiger partial charge in [0.2, 0.25) is 0 Å². The predicted octanol–water partition coefficient (Wildman–Crippen LogP) is 2.22. The van der Waals surface area contributed by atoms with Crippen LogP contribution in [-0.2, 0) is 6.42 Å². The molecule has 0 amide bonds. The topological polar surface area (TPSA) is 52.1 Å². The molecule has 0 radical (unpaired) electrons. The molecule has 18 heavy (non-hydrogen) atoms. The van der Waals surface area contributed by atoms with Crippen molar-refractivity contribution in [2.75, 3.05) is 7.11 Å². The summed E-state index contributed by atoms with van der Waals surface area (Å²) in [6.07, 6.45) is 1.81. The van der Waals surface area contributed by atoms with E-state index in [0.717, 1.165) is 5.56 Å². The third-order valence-electron chi connectivity index (χ3n) is 2.62. The van der Waals surface area contributed by atoms with Crippen molar-refractivity contribution in [1.29, 1.82) is 0 Å². The van der Waals surface area contributed by atoms with E-state index in [1.807, 2.05) is 19.1 Å². The summed E-state index contributed by atoms with van der Waals surface area (Å²) in [5.41, 5.74) is 2.27. The summed E-state index contributed by atoms with van der Waals surface area (Å²) in [5, 5.41) is 7.67. The zero-order valence-corrected chi connectivity index (χ0v) is 10.4. The molecule has 0 spiro atoms. The van der Waals surface area contributed by atoms with Gasteiger partial charge in [-0.05, 0) is 31.2 Å². The first-order chi connectivity index (χ1) is 8.70. The maximum Gasteiger partial charge on any atom is 0.172 e. The first-order valence-electron chi connectivity index (χ1n) is 5.65. The molecule has 0 fully saturated rings. The number of rotatable bonds is 4. The Labute approximate surface area is 106 Å². The number of ether oxygens (including phenoxy) is 1. The van der Waals surface area contributed by atoms with Gasteiger partial charge >= 0.3 is 0 Å². The van der Waals surface area contributed by atoms with Crippen molar-refractivity contribution in [3.05, 3.63) is 53.3 Å².